The average molecular weight is 463 g/mol. The summed E-state index contributed by atoms with van der Waals surface area (Å²) < 4.78 is 12.5. The fraction of sp³-hybridized carbons (Fsp3) is 0.130. The minimum atomic E-state index is -0.265. The minimum absolute atomic E-state index is 0.125. The molecule has 10 heteroatoms. The van der Waals surface area contributed by atoms with Crippen LogP contribution in [0.1, 0.15) is 11.6 Å². The highest BCUT2D eigenvalue weighted by atomic mass is 32.2. The SMILES string of the molecule is COc1ccccc1NCc1nnc(SCC(=O)N/N=C\c2ccco2)n1-c1ccccc1. The van der Waals surface area contributed by atoms with Gasteiger partial charge >= 0.3 is 0 Å². The van der Waals surface area contributed by atoms with Crippen LogP contribution in [0.25, 0.3) is 5.69 Å². The summed E-state index contributed by atoms with van der Waals surface area (Å²) in [5.41, 5.74) is 4.24. The molecule has 0 aliphatic carbocycles. The largest absolute Gasteiger partial charge is 0.495 e. The van der Waals surface area contributed by atoms with Crippen molar-refractivity contribution in [2.24, 2.45) is 5.10 Å². The molecular formula is C23H22N6O3S. The summed E-state index contributed by atoms with van der Waals surface area (Å²) in [6, 6.07) is 20.9. The molecule has 1 amide bonds. The van der Waals surface area contributed by atoms with Crippen molar-refractivity contribution in [3.63, 3.8) is 0 Å². The monoisotopic (exact) mass is 462 g/mol. The van der Waals surface area contributed by atoms with E-state index in [1.54, 1.807) is 19.2 Å². The molecule has 9 nitrogen and oxygen atoms in total. The first-order valence-corrected chi connectivity index (χ1v) is 11.1. The van der Waals surface area contributed by atoms with E-state index in [0.29, 0.717) is 23.3 Å². The average Bonchev–Trinajstić information content (AvgIpc) is 3.52. The second-order valence-corrected chi connectivity index (χ2v) is 7.66. The Kier molecular flexibility index (Phi) is 7.39. The summed E-state index contributed by atoms with van der Waals surface area (Å²) >= 11 is 1.28. The molecule has 2 heterocycles. The summed E-state index contributed by atoms with van der Waals surface area (Å²) in [6.45, 7) is 0.419. The number of aromatic nitrogens is 3. The van der Waals surface area contributed by atoms with E-state index in [-0.39, 0.29) is 11.7 Å². The van der Waals surface area contributed by atoms with Crippen molar-refractivity contribution in [2.45, 2.75) is 11.7 Å². The molecule has 0 aliphatic heterocycles. The maximum absolute atomic E-state index is 12.2. The van der Waals surface area contributed by atoms with E-state index in [9.17, 15) is 4.79 Å². The van der Waals surface area contributed by atoms with Gasteiger partial charge < -0.3 is 14.5 Å². The second kappa shape index (κ2) is 11.0. The summed E-state index contributed by atoms with van der Waals surface area (Å²) in [5, 5.41) is 16.5. The van der Waals surface area contributed by atoms with Gasteiger partial charge in [-0.2, -0.15) is 5.10 Å². The molecule has 0 fully saturated rings. The number of nitrogens with one attached hydrogen (secondary N) is 2. The Balaban J connectivity index is 1.46. The normalized spacial score (nSPS) is 10.9. The van der Waals surface area contributed by atoms with E-state index in [4.69, 9.17) is 9.15 Å². The zero-order valence-corrected chi connectivity index (χ0v) is 18.7. The number of carbonyl (C=O) groups excluding carboxylic acids is 1. The van der Waals surface area contributed by atoms with Crippen LogP contribution in [0.4, 0.5) is 5.69 Å². The molecule has 4 aromatic rings. The summed E-state index contributed by atoms with van der Waals surface area (Å²) in [4.78, 5) is 12.2. The fourth-order valence-electron chi connectivity index (χ4n) is 3.00. The van der Waals surface area contributed by atoms with Crippen LogP contribution in [0, 0.1) is 0 Å². The van der Waals surface area contributed by atoms with Crippen molar-refractivity contribution in [1.82, 2.24) is 20.2 Å². The number of thioether (sulfide) groups is 1. The van der Waals surface area contributed by atoms with Gasteiger partial charge in [0.2, 0.25) is 0 Å². The number of hydrazone groups is 1. The first-order chi connectivity index (χ1) is 16.2. The molecule has 0 spiro atoms. The van der Waals surface area contributed by atoms with Gasteiger partial charge in [-0.1, -0.05) is 42.1 Å². The zero-order valence-electron chi connectivity index (χ0n) is 17.8. The van der Waals surface area contributed by atoms with Gasteiger partial charge in [-0.15, -0.1) is 10.2 Å². The lowest BCUT2D eigenvalue weighted by Crippen LogP contribution is -2.20. The maximum atomic E-state index is 12.2. The first kappa shape index (κ1) is 22.2. The van der Waals surface area contributed by atoms with Crippen LogP contribution in [0.3, 0.4) is 0 Å². The highest BCUT2D eigenvalue weighted by molar-refractivity contribution is 7.99. The number of nitrogens with zero attached hydrogens (tertiary/aromatic N) is 4. The molecule has 0 saturated carbocycles. The van der Waals surface area contributed by atoms with Crippen LogP contribution >= 0.6 is 11.8 Å². The number of carbonyl (C=O) groups is 1. The van der Waals surface area contributed by atoms with Crippen LogP contribution in [0.5, 0.6) is 5.75 Å². The molecule has 0 saturated heterocycles. The highest BCUT2D eigenvalue weighted by Gasteiger charge is 2.16. The minimum Gasteiger partial charge on any atom is -0.495 e. The zero-order chi connectivity index (χ0) is 22.9. The summed E-state index contributed by atoms with van der Waals surface area (Å²) in [5.74, 6) is 1.86. The van der Waals surface area contributed by atoms with E-state index >= 15 is 0 Å². The summed E-state index contributed by atoms with van der Waals surface area (Å²) in [7, 11) is 1.63. The van der Waals surface area contributed by atoms with Crippen molar-refractivity contribution in [2.75, 3.05) is 18.2 Å². The van der Waals surface area contributed by atoms with E-state index in [1.165, 1.54) is 24.2 Å². The van der Waals surface area contributed by atoms with E-state index in [2.05, 4.69) is 26.0 Å². The number of furan rings is 1. The van der Waals surface area contributed by atoms with Crippen molar-refractivity contribution >= 4 is 29.6 Å². The number of amides is 1. The lowest BCUT2D eigenvalue weighted by molar-refractivity contribution is -0.118. The highest BCUT2D eigenvalue weighted by Crippen LogP contribution is 2.25. The molecule has 0 unspecified atom stereocenters. The van der Waals surface area contributed by atoms with Crippen molar-refractivity contribution in [1.29, 1.82) is 0 Å². The number of methoxy groups -OCH3 is 1. The molecule has 2 N–H and O–H groups in total. The van der Waals surface area contributed by atoms with Crippen LogP contribution < -0.4 is 15.5 Å². The van der Waals surface area contributed by atoms with E-state index < -0.39 is 0 Å². The van der Waals surface area contributed by atoms with Gasteiger partial charge in [0.1, 0.15) is 11.5 Å². The van der Waals surface area contributed by atoms with Gasteiger partial charge in [0, 0.05) is 5.69 Å². The van der Waals surface area contributed by atoms with Gasteiger partial charge in [0.15, 0.2) is 11.0 Å². The van der Waals surface area contributed by atoms with Gasteiger partial charge in [-0.3, -0.25) is 9.36 Å². The smallest absolute Gasteiger partial charge is 0.250 e. The van der Waals surface area contributed by atoms with E-state index in [1.807, 2.05) is 59.2 Å². The van der Waals surface area contributed by atoms with Gasteiger partial charge in [-0.05, 0) is 36.4 Å². The molecule has 0 radical (unpaired) electrons. The molecule has 2 aromatic carbocycles. The predicted molar refractivity (Wildman–Crippen MR) is 127 cm³/mol. The third kappa shape index (κ3) is 5.80. The number of rotatable bonds is 10. The lowest BCUT2D eigenvalue weighted by atomic mass is 10.3. The van der Waals surface area contributed by atoms with Crippen molar-refractivity contribution < 1.29 is 13.9 Å². The second-order valence-electron chi connectivity index (χ2n) is 6.72. The third-order valence-electron chi connectivity index (χ3n) is 4.52. The number of anilines is 1. The molecule has 2 aromatic heterocycles. The molecule has 4 rings (SSSR count). The lowest BCUT2D eigenvalue weighted by Gasteiger charge is -2.13. The Labute approximate surface area is 194 Å². The molecular weight excluding hydrogens is 440 g/mol. The third-order valence-corrected chi connectivity index (χ3v) is 5.44. The van der Waals surface area contributed by atoms with Gasteiger partial charge in [0.25, 0.3) is 5.91 Å². The Hall–Kier alpha value is -4.05. The maximum Gasteiger partial charge on any atom is 0.250 e. The number of benzene rings is 2. The van der Waals surface area contributed by atoms with Gasteiger partial charge in [0.05, 0.1) is 37.6 Å². The predicted octanol–water partition coefficient (Wildman–Crippen LogP) is 3.72. The Bertz CT molecular complexity index is 1210. The number of hydrogen-bond donors (Lipinski definition) is 2. The number of para-hydroxylation sites is 3. The van der Waals surface area contributed by atoms with Crippen LogP contribution in [-0.4, -0.2) is 39.7 Å². The topological polar surface area (TPSA) is 107 Å². The molecule has 33 heavy (non-hydrogen) atoms. The molecule has 168 valence electrons. The number of hydrogen-bond acceptors (Lipinski definition) is 8. The Morgan fingerprint density at radius 2 is 1.94 bits per heavy atom. The van der Waals surface area contributed by atoms with Gasteiger partial charge in [-0.25, -0.2) is 5.43 Å². The molecule has 0 bridgehead atoms. The molecule has 0 atom stereocenters. The van der Waals surface area contributed by atoms with Crippen molar-refractivity contribution in [3.05, 3.63) is 84.6 Å². The van der Waals surface area contributed by atoms with Crippen LogP contribution in [-0.2, 0) is 11.3 Å². The Morgan fingerprint density at radius 3 is 2.73 bits per heavy atom. The summed E-state index contributed by atoms with van der Waals surface area (Å²) in [6.07, 6.45) is 2.98. The Morgan fingerprint density at radius 1 is 1.12 bits per heavy atom. The van der Waals surface area contributed by atoms with Crippen molar-refractivity contribution in [3.8, 4) is 11.4 Å². The quantitative estimate of drug-likeness (QED) is 0.210. The standard InChI is InChI=1S/C23H22N6O3S/c1-31-20-12-6-5-11-19(20)24-15-21-26-28-23(29(21)17-8-3-2-4-9-17)33-16-22(30)27-25-14-18-10-7-13-32-18/h2-14,24H,15-16H2,1H3,(H,27,30)/b25-14-. The number of ether oxygens (including phenoxy) is 1. The first-order valence-electron chi connectivity index (χ1n) is 10.1. The fourth-order valence-corrected chi connectivity index (χ4v) is 3.77. The van der Waals surface area contributed by atoms with Crippen LogP contribution in [0.2, 0.25) is 0 Å². The van der Waals surface area contributed by atoms with E-state index in [0.717, 1.165) is 17.1 Å². The van der Waals surface area contributed by atoms with Crippen LogP contribution in [0.15, 0.2) is 87.7 Å². The molecule has 0 aliphatic rings.